The molecule has 19 heavy (non-hydrogen) atoms. The smallest absolute Gasteiger partial charge is 0.345 e. The largest absolute Gasteiger partial charge is 0.478 e. The lowest BCUT2D eigenvalue weighted by Gasteiger charge is -2.19. The van der Waals surface area contributed by atoms with Crippen LogP contribution in [0.5, 0.6) is 5.75 Å². The fourth-order valence-electron chi connectivity index (χ4n) is 1.91. The Balaban J connectivity index is 2.40. The Morgan fingerprint density at radius 2 is 1.89 bits per heavy atom. The lowest BCUT2D eigenvalue weighted by Crippen LogP contribution is -2.32. The number of halogens is 1. The molecule has 0 aromatic heterocycles. The van der Waals surface area contributed by atoms with Crippen LogP contribution in [-0.4, -0.2) is 17.2 Å². The minimum Gasteiger partial charge on any atom is -0.478 e. The molecule has 2 aromatic rings. The number of aliphatic carboxylic acids is 1. The van der Waals surface area contributed by atoms with Crippen LogP contribution in [0.4, 0.5) is 0 Å². The van der Waals surface area contributed by atoms with Gasteiger partial charge in [0, 0.05) is 5.92 Å². The Kier molecular flexibility index (Phi) is 4.10. The van der Waals surface area contributed by atoms with Gasteiger partial charge in [-0.05, 0) is 32.8 Å². The molecule has 100 valence electrons. The quantitative estimate of drug-likeness (QED) is 0.922. The number of ether oxygens (including phenoxy) is 1. The van der Waals surface area contributed by atoms with E-state index in [9.17, 15) is 4.79 Å². The summed E-state index contributed by atoms with van der Waals surface area (Å²) < 4.78 is 6.42. The van der Waals surface area contributed by atoms with E-state index < -0.39 is 12.1 Å². The van der Waals surface area contributed by atoms with E-state index in [0.717, 1.165) is 15.2 Å². The molecule has 4 heteroatoms. The summed E-state index contributed by atoms with van der Waals surface area (Å²) in [6.07, 6.45) is -0.850. The summed E-state index contributed by atoms with van der Waals surface area (Å²) in [6.45, 7) is 3.65. The van der Waals surface area contributed by atoms with E-state index in [1.54, 1.807) is 6.07 Å². The SMILES string of the molecule is CC(C)C(Oc1ccc2ccccc2c1Br)C(=O)O. The van der Waals surface area contributed by atoms with Gasteiger partial charge in [0.05, 0.1) is 4.47 Å². The van der Waals surface area contributed by atoms with Crippen LogP contribution in [0.2, 0.25) is 0 Å². The van der Waals surface area contributed by atoms with Crippen molar-refractivity contribution < 1.29 is 14.6 Å². The number of hydrogen-bond donors (Lipinski definition) is 1. The highest BCUT2D eigenvalue weighted by Crippen LogP contribution is 2.34. The van der Waals surface area contributed by atoms with Gasteiger partial charge in [0.15, 0.2) is 6.10 Å². The van der Waals surface area contributed by atoms with E-state index in [-0.39, 0.29) is 5.92 Å². The van der Waals surface area contributed by atoms with Crippen molar-refractivity contribution in [2.45, 2.75) is 20.0 Å². The Morgan fingerprint density at radius 3 is 2.53 bits per heavy atom. The molecule has 0 aliphatic heterocycles. The molecule has 1 atom stereocenters. The first-order valence-corrected chi connectivity index (χ1v) is 6.86. The van der Waals surface area contributed by atoms with Crippen LogP contribution in [0.1, 0.15) is 13.8 Å². The van der Waals surface area contributed by atoms with Gasteiger partial charge in [0.25, 0.3) is 0 Å². The molecule has 0 spiro atoms. The Hall–Kier alpha value is -1.55. The van der Waals surface area contributed by atoms with E-state index in [2.05, 4.69) is 15.9 Å². The van der Waals surface area contributed by atoms with Gasteiger partial charge >= 0.3 is 5.97 Å². The lowest BCUT2D eigenvalue weighted by atomic mass is 10.1. The van der Waals surface area contributed by atoms with Crippen LogP contribution in [0.15, 0.2) is 40.9 Å². The van der Waals surface area contributed by atoms with Crippen LogP contribution in [0.25, 0.3) is 10.8 Å². The number of benzene rings is 2. The number of carboxylic acid groups (broad SMARTS) is 1. The van der Waals surface area contributed by atoms with Crippen molar-refractivity contribution in [1.82, 2.24) is 0 Å². The van der Waals surface area contributed by atoms with Crippen molar-refractivity contribution in [3.8, 4) is 5.75 Å². The van der Waals surface area contributed by atoms with Gasteiger partial charge in [-0.25, -0.2) is 4.79 Å². The fourth-order valence-corrected chi connectivity index (χ4v) is 2.50. The second-order valence-corrected chi connectivity index (χ2v) is 5.51. The summed E-state index contributed by atoms with van der Waals surface area (Å²) in [7, 11) is 0. The zero-order chi connectivity index (χ0) is 14.0. The summed E-state index contributed by atoms with van der Waals surface area (Å²) >= 11 is 3.49. The van der Waals surface area contributed by atoms with E-state index in [4.69, 9.17) is 9.84 Å². The molecular weight excluding hydrogens is 308 g/mol. The van der Waals surface area contributed by atoms with Gasteiger partial charge in [-0.1, -0.05) is 44.2 Å². The molecule has 0 bridgehead atoms. The molecule has 2 rings (SSSR count). The number of rotatable bonds is 4. The summed E-state index contributed by atoms with van der Waals surface area (Å²) in [6, 6.07) is 11.6. The highest BCUT2D eigenvalue weighted by Gasteiger charge is 2.24. The topological polar surface area (TPSA) is 46.5 Å². The fraction of sp³-hybridized carbons (Fsp3) is 0.267. The molecule has 0 amide bonds. The maximum absolute atomic E-state index is 11.2. The van der Waals surface area contributed by atoms with Gasteiger partial charge in [-0.3, -0.25) is 0 Å². The van der Waals surface area contributed by atoms with E-state index in [1.807, 2.05) is 44.2 Å². The number of fused-ring (bicyclic) bond motifs is 1. The van der Waals surface area contributed by atoms with E-state index in [1.165, 1.54) is 0 Å². The zero-order valence-electron chi connectivity index (χ0n) is 10.8. The minimum absolute atomic E-state index is 0.101. The van der Waals surface area contributed by atoms with Crippen molar-refractivity contribution in [3.05, 3.63) is 40.9 Å². The predicted octanol–water partition coefficient (Wildman–Crippen LogP) is 4.09. The Labute approximate surface area is 120 Å². The first-order chi connectivity index (χ1) is 9.00. The molecule has 0 saturated heterocycles. The van der Waals surface area contributed by atoms with Crippen LogP contribution < -0.4 is 4.74 Å². The third kappa shape index (κ3) is 2.89. The first-order valence-electron chi connectivity index (χ1n) is 6.07. The normalized spacial score (nSPS) is 12.6. The summed E-state index contributed by atoms with van der Waals surface area (Å²) in [5.74, 6) is -0.495. The van der Waals surface area contributed by atoms with Crippen molar-refractivity contribution >= 4 is 32.7 Å². The Bertz CT molecular complexity index is 607. The average Bonchev–Trinajstić information content (AvgIpc) is 2.37. The van der Waals surface area contributed by atoms with Crippen molar-refractivity contribution in [1.29, 1.82) is 0 Å². The van der Waals surface area contributed by atoms with Gasteiger partial charge < -0.3 is 9.84 Å². The van der Waals surface area contributed by atoms with Crippen LogP contribution in [0, 0.1) is 5.92 Å². The lowest BCUT2D eigenvalue weighted by molar-refractivity contribution is -0.147. The second kappa shape index (κ2) is 5.61. The van der Waals surface area contributed by atoms with Crippen molar-refractivity contribution in [2.75, 3.05) is 0 Å². The van der Waals surface area contributed by atoms with E-state index in [0.29, 0.717) is 5.75 Å². The molecule has 0 aliphatic rings. The first kappa shape index (κ1) is 13.9. The van der Waals surface area contributed by atoms with Gasteiger partial charge in [-0.15, -0.1) is 0 Å². The number of hydrogen-bond acceptors (Lipinski definition) is 2. The minimum atomic E-state index is -0.949. The maximum atomic E-state index is 11.2. The highest BCUT2D eigenvalue weighted by atomic mass is 79.9. The standard InChI is InChI=1S/C15H15BrO3/c1-9(2)14(15(17)18)19-12-8-7-10-5-3-4-6-11(10)13(12)16/h3-9,14H,1-2H3,(H,17,18). The van der Waals surface area contributed by atoms with E-state index >= 15 is 0 Å². The molecule has 0 heterocycles. The predicted molar refractivity (Wildman–Crippen MR) is 78.5 cm³/mol. The van der Waals surface area contributed by atoms with Gasteiger partial charge in [0.1, 0.15) is 5.75 Å². The Morgan fingerprint density at radius 1 is 1.21 bits per heavy atom. The average molecular weight is 323 g/mol. The van der Waals surface area contributed by atoms with Crippen molar-refractivity contribution in [3.63, 3.8) is 0 Å². The van der Waals surface area contributed by atoms with Crippen molar-refractivity contribution in [2.24, 2.45) is 5.92 Å². The van der Waals surface area contributed by atoms with Gasteiger partial charge in [-0.2, -0.15) is 0 Å². The summed E-state index contributed by atoms with van der Waals surface area (Å²) in [5.41, 5.74) is 0. The summed E-state index contributed by atoms with van der Waals surface area (Å²) in [4.78, 5) is 11.2. The maximum Gasteiger partial charge on any atom is 0.345 e. The van der Waals surface area contributed by atoms with Crippen LogP contribution >= 0.6 is 15.9 Å². The molecule has 0 fully saturated rings. The highest BCUT2D eigenvalue weighted by molar-refractivity contribution is 9.10. The molecular formula is C15H15BrO3. The second-order valence-electron chi connectivity index (χ2n) is 4.72. The summed E-state index contributed by atoms with van der Waals surface area (Å²) in [5, 5.41) is 11.3. The molecule has 0 radical (unpaired) electrons. The van der Waals surface area contributed by atoms with Crippen LogP contribution in [-0.2, 0) is 4.79 Å². The third-order valence-electron chi connectivity index (χ3n) is 2.93. The molecule has 0 aliphatic carbocycles. The monoisotopic (exact) mass is 322 g/mol. The molecule has 2 aromatic carbocycles. The molecule has 3 nitrogen and oxygen atoms in total. The molecule has 1 unspecified atom stereocenters. The molecule has 0 saturated carbocycles. The number of carboxylic acids is 1. The van der Waals surface area contributed by atoms with Crippen LogP contribution in [0.3, 0.4) is 0 Å². The van der Waals surface area contributed by atoms with Gasteiger partial charge in [0.2, 0.25) is 0 Å². The third-order valence-corrected chi connectivity index (χ3v) is 3.75. The number of carbonyl (C=O) groups is 1. The molecule has 1 N–H and O–H groups in total. The zero-order valence-corrected chi connectivity index (χ0v) is 12.3.